The number of nitrogens with one attached hydrogen (secondary N) is 3. The van der Waals surface area contributed by atoms with E-state index in [9.17, 15) is 19.7 Å². The van der Waals surface area contributed by atoms with Gasteiger partial charge in [0.25, 0.3) is 11.9 Å². The second-order valence-corrected chi connectivity index (χ2v) is 14.1. The topological polar surface area (TPSA) is 170 Å². The summed E-state index contributed by atoms with van der Waals surface area (Å²) in [6, 6.07) is 2.73. The van der Waals surface area contributed by atoms with Crippen LogP contribution in [-0.2, 0) is 14.1 Å². The first-order chi connectivity index (χ1) is 19.2. The van der Waals surface area contributed by atoms with E-state index in [1.807, 2.05) is 13.0 Å². The summed E-state index contributed by atoms with van der Waals surface area (Å²) >= 11 is 1.35. The molecule has 1 saturated heterocycles. The van der Waals surface area contributed by atoms with Gasteiger partial charge in [0.15, 0.2) is 5.03 Å². The number of nitro groups is 1. The van der Waals surface area contributed by atoms with E-state index in [4.69, 9.17) is 15.0 Å². The molecular weight excluding hydrogens is 547 g/mol. The lowest BCUT2D eigenvalue weighted by Crippen LogP contribution is -2.65. The molecule has 3 aliphatic carbocycles. The maximum atomic E-state index is 13.7. The Hall–Kier alpha value is -2.71. The zero-order valence-corrected chi connectivity index (χ0v) is 25.6. The van der Waals surface area contributed by atoms with Crippen molar-refractivity contribution >= 4 is 36.2 Å². The Morgan fingerprint density at radius 2 is 2.00 bits per heavy atom. The van der Waals surface area contributed by atoms with E-state index in [1.54, 1.807) is 11.5 Å². The molecular formula is C27H43BN6O6S. The number of nitrogens with zero attached hydrogens (tertiary/aromatic N) is 2. The van der Waals surface area contributed by atoms with Gasteiger partial charge in [-0.3, -0.25) is 9.59 Å². The number of guanidine groups is 1. The number of aliphatic imine (C=N–C) groups is 1. The van der Waals surface area contributed by atoms with Crippen molar-refractivity contribution in [2.75, 3.05) is 6.54 Å². The third kappa shape index (κ3) is 6.86. The second kappa shape index (κ2) is 12.3. The highest BCUT2D eigenvalue weighted by molar-refractivity contribution is 7.13. The van der Waals surface area contributed by atoms with Crippen molar-refractivity contribution < 1.29 is 23.9 Å². The van der Waals surface area contributed by atoms with Crippen LogP contribution in [0.4, 0.5) is 0 Å². The third-order valence-electron chi connectivity index (χ3n) is 9.08. The molecule has 2 bridgehead atoms. The average molecular weight is 591 g/mol. The molecule has 0 spiro atoms. The number of rotatable bonds is 12. The second-order valence-electron chi connectivity index (χ2n) is 12.8. The fraction of sp³-hybridized carbons (Fsp3) is 0.741. The normalized spacial score (nSPS) is 27.9. The number of aryl methyl sites for hydroxylation is 1. The molecule has 2 heterocycles. The van der Waals surface area contributed by atoms with E-state index in [0.717, 1.165) is 17.7 Å². The number of hydrogen-bond acceptors (Lipinski definition) is 8. The Kier molecular flexibility index (Phi) is 9.34. The van der Waals surface area contributed by atoms with Gasteiger partial charge in [-0.2, -0.15) is 0 Å². The Balaban J connectivity index is 1.46. The monoisotopic (exact) mass is 590 g/mol. The number of nitrogens with two attached hydrogens (primary N) is 1. The summed E-state index contributed by atoms with van der Waals surface area (Å²) < 4.78 is 13.2. The van der Waals surface area contributed by atoms with Crippen molar-refractivity contribution in [1.29, 1.82) is 0 Å². The largest absolute Gasteiger partial charge is 0.481 e. The van der Waals surface area contributed by atoms with Crippen LogP contribution in [0.2, 0.25) is 0 Å². The van der Waals surface area contributed by atoms with Crippen molar-refractivity contribution in [2.45, 2.75) is 97.3 Å². The Morgan fingerprint density at radius 1 is 1.27 bits per heavy atom. The van der Waals surface area contributed by atoms with E-state index in [0.29, 0.717) is 29.6 Å². The van der Waals surface area contributed by atoms with Gasteiger partial charge in [-0.1, -0.05) is 33.1 Å². The van der Waals surface area contributed by atoms with Crippen LogP contribution in [0.25, 0.3) is 0 Å². The van der Waals surface area contributed by atoms with Crippen LogP contribution in [0.3, 0.4) is 0 Å². The van der Waals surface area contributed by atoms with E-state index in [2.05, 4.69) is 50.2 Å². The zero-order chi connectivity index (χ0) is 30.1. The minimum absolute atomic E-state index is 0.00972. The Labute approximate surface area is 245 Å². The predicted molar refractivity (Wildman–Crippen MR) is 158 cm³/mol. The quantitative estimate of drug-likeness (QED) is 0.0719. The van der Waals surface area contributed by atoms with Crippen molar-refractivity contribution in [1.82, 2.24) is 16.1 Å². The van der Waals surface area contributed by atoms with Crippen molar-refractivity contribution in [3.05, 3.63) is 32.0 Å². The Morgan fingerprint density at radius 3 is 2.61 bits per heavy atom. The summed E-state index contributed by atoms with van der Waals surface area (Å²) in [5.41, 5.74) is 7.10. The van der Waals surface area contributed by atoms with Gasteiger partial charge in [-0.15, -0.1) is 11.3 Å². The molecule has 5 rings (SSSR count). The molecule has 1 aliphatic heterocycles. The molecule has 1 aromatic rings. The van der Waals surface area contributed by atoms with Gasteiger partial charge in [-0.05, 0) is 81.3 Å². The molecule has 226 valence electrons. The number of thiophene rings is 1. The van der Waals surface area contributed by atoms with Crippen LogP contribution in [0.5, 0.6) is 0 Å². The molecule has 0 radical (unpaired) electrons. The van der Waals surface area contributed by atoms with E-state index in [1.165, 1.54) is 11.3 Å². The van der Waals surface area contributed by atoms with Gasteiger partial charge in [0.2, 0.25) is 5.91 Å². The van der Waals surface area contributed by atoms with Gasteiger partial charge in [-0.25, -0.2) is 15.1 Å². The highest BCUT2D eigenvalue weighted by atomic mass is 32.1. The van der Waals surface area contributed by atoms with Crippen LogP contribution >= 0.6 is 11.3 Å². The van der Waals surface area contributed by atoms with E-state index < -0.39 is 29.7 Å². The fourth-order valence-electron chi connectivity index (χ4n) is 6.78. The zero-order valence-electron chi connectivity index (χ0n) is 24.8. The average Bonchev–Trinajstić information content (AvgIpc) is 3.47. The fourth-order valence-corrected chi connectivity index (χ4v) is 7.55. The summed E-state index contributed by atoms with van der Waals surface area (Å²) in [5, 5.41) is 15.8. The molecule has 3 saturated carbocycles. The predicted octanol–water partition coefficient (Wildman–Crippen LogP) is 2.83. The maximum Gasteiger partial charge on any atom is 0.481 e. The molecule has 0 aromatic carbocycles. The molecule has 12 nitrogen and oxygen atoms in total. The van der Waals surface area contributed by atoms with Crippen LogP contribution in [0, 0.1) is 40.2 Å². The molecule has 14 heteroatoms. The number of carbonyl (C=O) groups excluding carboxylic acids is 2. The van der Waals surface area contributed by atoms with Gasteiger partial charge in [0.05, 0.1) is 22.5 Å². The van der Waals surface area contributed by atoms with Crippen LogP contribution in [0.15, 0.2) is 17.1 Å². The third-order valence-corrected chi connectivity index (χ3v) is 10.1. The molecule has 4 aliphatic rings. The highest BCUT2D eigenvalue weighted by Crippen LogP contribution is 2.65. The Bertz CT molecular complexity index is 1180. The first kappa shape index (κ1) is 31.2. The lowest BCUT2D eigenvalue weighted by Gasteiger charge is -2.64. The SMILES string of the molecule is Cc1ccc(C(=O)N[C@@H](CCCN=C(N)N[N+](=O)[O-])C(=O)N[C@@H](CC(C)C)B2O[C@@H]3C[C@H]4C[C@H](C4(C)C)[C@]3(C)O2)s1. The van der Waals surface area contributed by atoms with Crippen molar-refractivity contribution in [3.63, 3.8) is 0 Å². The number of hydrazine groups is 1. The minimum atomic E-state index is -0.856. The molecule has 0 unspecified atom stereocenters. The summed E-state index contributed by atoms with van der Waals surface area (Å²) in [7, 11) is -0.583. The molecule has 5 N–H and O–H groups in total. The highest BCUT2D eigenvalue weighted by Gasteiger charge is 2.68. The summed E-state index contributed by atoms with van der Waals surface area (Å²) in [6.07, 6.45) is 3.35. The van der Waals surface area contributed by atoms with Crippen molar-refractivity contribution in [3.8, 4) is 0 Å². The van der Waals surface area contributed by atoms with Gasteiger partial charge in [0.1, 0.15) is 6.04 Å². The molecule has 2 amide bonds. The van der Waals surface area contributed by atoms with E-state index >= 15 is 0 Å². The lowest BCUT2D eigenvalue weighted by molar-refractivity contribution is -0.525. The maximum absolute atomic E-state index is 13.7. The van der Waals surface area contributed by atoms with Crippen LogP contribution in [0.1, 0.15) is 81.3 Å². The summed E-state index contributed by atoms with van der Waals surface area (Å²) in [6.45, 7) is 13.0. The smallest absolute Gasteiger partial charge is 0.404 e. The molecule has 1 aromatic heterocycles. The molecule has 6 atom stereocenters. The summed E-state index contributed by atoms with van der Waals surface area (Å²) in [5.74, 6) is -0.113. The standard InChI is InChI=1S/C27H43BN6O6S/c1-15(2)12-22(28-39-21-14-17-13-20(26(17,4)5)27(21,6)40-28)32-23(35)18(8-7-11-30-25(29)33-34(37)38)31-24(36)19-10-9-16(3)41-19/h9-10,15,17-18,20-22H,7-8,11-14H2,1-6H3,(H,31,36)(H,32,35)(H3,29,30,33)/t17-,18+,20-,21-,22+,27+/m1/s1. The summed E-state index contributed by atoms with van der Waals surface area (Å²) in [4.78, 5) is 42.7. The van der Waals surface area contributed by atoms with Crippen molar-refractivity contribution in [2.24, 2.45) is 33.9 Å². The van der Waals surface area contributed by atoms with Gasteiger partial charge in [0, 0.05) is 11.4 Å². The number of amides is 2. The van der Waals surface area contributed by atoms with Gasteiger partial charge >= 0.3 is 7.12 Å². The molecule has 41 heavy (non-hydrogen) atoms. The first-order valence-corrected chi connectivity index (χ1v) is 15.2. The lowest BCUT2D eigenvalue weighted by atomic mass is 9.43. The minimum Gasteiger partial charge on any atom is -0.404 e. The number of hydrogen-bond donors (Lipinski definition) is 4. The molecule has 4 fully saturated rings. The van der Waals surface area contributed by atoms with E-state index in [-0.39, 0.29) is 48.2 Å². The van der Waals surface area contributed by atoms with Gasteiger partial charge < -0.3 is 25.7 Å². The van der Waals surface area contributed by atoms with Crippen LogP contribution in [-0.4, -0.2) is 60.2 Å². The first-order valence-electron chi connectivity index (χ1n) is 14.4. The van der Waals surface area contributed by atoms with Crippen LogP contribution < -0.4 is 21.8 Å². The number of carbonyl (C=O) groups is 2.